The minimum absolute atomic E-state index is 0.0769. The van der Waals surface area contributed by atoms with Crippen molar-refractivity contribution in [1.82, 2.24) is 9.62 Å². The van der Waals surface area contributed by atoms with Crippen molar-refractivity contribution in [2.45, 2.75) is 18.2 Å². The lowest BCUT2D eigenvalue weighted by Crippen LogP contribution is -2.27. The van der Waals surface area contributed by atoms with Gasteiger partial charge in [0.05, 0.1) is 7.11 Å². The molecule has 146 valence electrons. The van der Waals surface area contributed by atoms with Gasteiger partial charge >= 0.3 is 0 Å². The van der Waals surface area contributed by atoms with Crippen LogP contribution in [0.2, 0.25) is 0 Å². The van der Waals surface area contributed by atoms with Crippen molar-refractivity contribution in [3.05, 3.63) is 58.9 Å². The van der Waals surface area contributed by atoms with Crippen molar-refractivity contribution in [3.63, 3.8) is 0 Å². The van der Waals surface area contributed by atoms with Crippen LogP contribution in [0, 0.1) is 12.7 Å². The number of sulfonamides is 1. The van der Waals surface area contributed by atoms with Crippen LogP contribution in [-0.4, -0.2) is 46.4 Å². The zero-order valence-corrected chi connectivity index (χ0v) is 16.6. The second-order valence-corrected chi connectivity index (χ2v) is 8.37. The normalized spacial score (nSPS) is 11.5. The van der Waals surface area contributed by atoms with E-state index < -0.39 is 26.6 Å². The highest BCUT2D eigenvalue weighted by molar-refractivity contribution is 7.89. The Kier molecular flexibility index (Phi) is 6.56. The van der Waals surface area contributed by atoms with E-state index in [0.717, 1.165) is 33.3 Å². The number of benzene rings is 2. The van der Waals surface area contributed by atoms with Crippen LogP contribution in [0.3, 0.4) is 0 Å². The fourth-order valence-electron chi connectivity index (χ4n) is 2.55. The summed E-state index contributed by atoms with van der Waals surface area (Å²) in [4.78, 5) is 11.8. The highest BCUT2D eigenvalue weighted by Crippen LogP contribution is 2.21. The van der Waals surface area contributed by atoms with E-state index in [4.69, 9.17) is 4.74 Å². The Labute approximate surface area is 159 Å². The third kappa shape index (κ3) is 4.84. The number of aryl methyl sites for hydroxylation is 1. The largest absolute Gasteiger partial charge is 0.496 e. The number of hydrogen-bond acceptors (Lipinski definition) is 4. The van der Waals surface area contributed by atoms with Gasteiger partial charge in [-0.1, -0.05) is 17.7 Å². The molecule has 0 aliphatic carbocycles. The molecule has 0 heterocycles. The number of carbonyl (C=O) groups is 1. The number of ether oxygens (including phenoxy) is 1. The van der Waals surface area contributed by atoms with Gasteiger partial charge in [-0.2, -0.15) is 0 Å². The smallest absolute Gasteiger partial charge is 0.251 e. The molecule has 0 radical (unpaired) electrons. The molecule has 0 bridgehead atoms. The Balaban J connectivity index is 2.12. The van der Waals surface area contributed by atoms with Crippen LogP contribution in [0.15, 0.2) is 41.3 Å². The Morgan fingerprint density at radius 2 is 1.89 bits per heavy atom. The number of amides is 1. The molecule has 0 aromatic heterocycles. The van der Waals surface area contributed by atoms with E-state index in [9.17, 15) is 17.6 Å². The van der Waals surface area contributed by atoms with Gasteiger partial charge < -0.3 is 10.1 Å². The van der Waals surface area contributed by atoms with Crippen molar-refractivity contribution in [2.24, 2.45) is 0 Å². The van der Waals surface area contributed by atoms with Gasteiger partial charge in [-0.3, -0.25) is 4.79 Å². The molecule has 1 amide bonds. The molecule has 0 aliphatic heterocycles. The quantitative estimate of drug-likeness (QED) is 0.782. The first kappa shape index (κ1) is 20.9. The molecular weight excluding hydrogens is 371 g/mol. The van der Waals surface area contributed by atoms with Crippen LogP contribution in [0.1, 0.15) is 21.5 Å². The summed E-state index contributed by atoms with van der Waals surface area (Å²) < 4.78 is 44.5. The number of hydrogen-bond donors (Lipinski definition) is 1. The summed E-state index contributed by atoms with van der Waals surface area (Å²) in [5.74, 6) is -0.641. The maximum Gasteiger partial charge on any atom is 0.251 e. The van der Waals surface area contributed by atoms with E-state index >= 15 is 0 Å². The average molecular weight is 394 g/mol. The lowest BCUT2D eigenvalue weighted by molar-refractivity contribution is 0.0953. The van der Waals surface area contributed by atoms with Gasteiger partial charge in [0.25, 0.3) is 5.91 Å². The van der Waals surface area contributed by atoms with Gasteiger partial charge in [-0.05, 0) is 43.2 Å². The predicted molar refractivity (Wildman–Crippen MR) is 101 cm³/mol. The monoisotopic (exact) mass is 394 g/mol. The van der Waals surface area contributed by atoms with Crippen molar-refractivity contribution < 1.29 is 22.3 Å². The molecule has 2 aromatic carbocycles. The van der Waals surface area contributed by atoms with Gasteiger partial charge in [-0.25, -0.2) is 17.1 Å². The highest BCUT2D eigenvalue weighted by atomic mass is 32.2. The van der Waals surface area contributed by atoms with Crippen molar-refractivity contribution in [3.8, 4) is 5.75 Å². The van der Waals surface area contributed by atoms with Gasteiger partial charge in [0.15, 0.2) is 0 Å². The van der Waals surface area contributed by atoms with Crippen LogP contribution >= 0.6 is 0 Å². The Hall–Kier alpha value is -2.45. The number of nitrogens with one attached hydrogen (secondary N) is 1. The van der Waals surface area contributed by atoms with Crippen molar-refractivity contribution in [1.29, 1.82) is 0 Å². The number of methoxy groups -OCH3 is 1. The lowest BCUT2D eigenvalue weighted by Gasteiger charge is -2.13. The van der Waals surface area contributed by atoms with Crippen LogP contribution < -0.4 is 10.1 Å². The average Bonchev–Trinajstić information content (AvgIpc) is 2.61. The van der Waals surface area contributed by atoms with E-state index in [1.807, 2.05) is 25.1 Å². The van der Waals surface area contributed by atoms with Crippen molar-refractivity contribution >= 4 is 15.9 Å². The third-order valence-corrected chi connectivity index (χ3v) is 5.90. The fraction of sp³-hybridized carbons (Fsp3) is 0.316. The molecule has 27 heavy (non-hydrogen) atoms. The van der Waals surface area contributed by atoms with Gasteiger partial charge in [0.1, 0.15) is 16.5 Å². The first-order valence-electron chi connectivity index (χ1n) is 8.30. The van der Waals surface area contributed by atoms with Gasteiger partial charge in [0, 0.05) is 26.2 Å². The first-order chi connectivity index (χ1) is 12.7. The predicted octanol–water partition coefficient (Wildman–Crippen LogP) is 2.37. The summed E-state index contributed by atoms with van der Waals surface area (Å²) in [5, 5.41) is 2.72. The van der Waals surface area contributed by atoms with Gasteiger partial charge in [-0.15, -0.1) is 0 Å². The molecule has 1 N–H and O–H groups in total. The molecule has 2 aromatic rings. The molecule has 6 nitrogen and oxygen atoms in total. The topological polar surface area (TPSA) is 75.7 Å². The minimum atomic E-state index is -3.98. The summed E-state index contributed by atoms with van der Waals surface area (Å²) >= 11 is 0. The number of carbonyl (C=O) groups excluding carboxylic acids is 1. The van der Waals surface area contributed by atoms with Crippen LogP contribution in [0.5, 0.6) is 5.75 Å². The molecule has 0 fully saturated rings. The van der Waals surface area contributed by atoms with E-state index in [1.54, 1.807) is 7.11 Å². The third-order valence-electron chi connectivity index (χ3n) is 4.07. The molecule has 0 aliphatic rings. The van der Waals surface area contributed by atoms with E-state index in [0.29, 0.717) is 13.0 Å². The molecule has 0 saturated heterocycles. The van der Waals surface area contributed by atoms with Crippen LogP contribution in [0.4, 0.5) is 4.39 Å². The zero-order chi connectivity index (χ0) is 20.2. The lowest BCUT2D eigenvalue weighted by atomic mass is 10.1. The van der Waals surface area contributed by atoms with Crippen LogP contribution in [0.25, 0.3) is 0 Å². The van der Waals surface area contributed by atoms with E-state index in [-0.39, 0.29) is 5.56 Å². The number of nitrogens with zero attached hydrogens (tertiary/aromatic N) is 1. The Morgan fingerprint density at radius 1 is 1.19 bits per heavy atom. The van der Waals surface area contributed by atoms with E-state index in [1.165, 1.54) is 20.2 Å². The zero-order valence-electron chi connectivity index (χ0n) is 15.7. The summed E-state index contributed by atoms with van der Waals surface area (Å²) in [7, 11) is 0.207. The summed E-state index contributed by atoms with van der Waals surface area (Å²) in [6, 6.07) is 9.07. The second-order valence-electron chi connectivity index (χ2n) is 6.25. The van der Waals surface area contributed by atoms with Crippen LogP contribution in [-0.2, 0) is 16.4 Å². The molecule has 0 unspecified atom stereocenters. The standard InChI is InChI=1S/C19H23FN2O4S/c1-13-5-8-17(26-4)14(11-13)9-10-21-19(23)15-6-7-16(20)18(12-15)27(24,25)22(2)3/h5-8,11-12H,9-10H2,1-4H3,(H,21,23). The fourth-order valence-corrected chi connectivity index (χ4v) is 3.54. The molecule has 8 heteroatoms. The molecule has 0 spiro atoms. The number of rotatable bonds is 7. The van der Waals surface area contributed by atoms with Gasteiger partial charge in [0.2, 0.25) is 10.0 Å². The van der Waals surface area contributed by atoms with E-state index in [2.05, 4.69) is 5.32 Å². The Morgan fingerprint density at radius 3 is 2.52 bits per heavy atom. The second kappa shape index (κ2) is 8.49. The summed E-state index contributed by atoms with van der Waals surface area (Å²) in [6.07, 6.45) is 0.542. The molecule has 0 atom stereocenters. The highest BCUT2D eigenvalue weighted by Gasteiger charge is 2.23. The molecule has 2 rings (SSSR count). The Bertz CT molecular complexity index is 943. The summed E-state index contributed by atoms with van der Waals surface area (Å²) in [6.45, 7) is 2.29. The molecular formula is C19H23FN2O4S. The number of halogens is 1. The molecule has 0 saturated carbocycles. The van der Waals surface area contributed by atoms with Crippen molar-refractivity contribution in [2.75, 3.05) is 27.7 Å². The maximum absolute atomic E-state index is 13.9. The SMILES string of the molecule is COc1ccc(C)cc1CCNC(=O)c1ccc(F)c(S(=O)(=O)N(C)C)c1. The summed E-state index contributed by atoms with van der Waals surface area (Å²) in [5.41, 5.74) is 2.11. The minimum Gasteiger partial charge on any atom is -0.496 e. The first-order valence-corrected chi connectivity index (χ1v) is 9.74. The maximum atomic E-state index is 13.9.